The highest BCUT2D eigenvalue weighted by Crippen LogP contribution is 2.32. The van der Waals surface area contributed by atoms with E-state index in [2.05, 4.69) is 20.5 Å². The number of carbonyl (C=O) groups is 2. The third-order valence-corrected chi connectivity index (χ3v) is 7.43. The number of amides is 2. The van der Waals surface area contributed by atoms with Gasteiger partial charge in [0.05, 0.1) is 22.9 Å². The Morgan fingerprint density at radius 2 is 1.73 bits per heavy atom. The van der Waals surface area contributed by atoms with E-state index in [9.17, 15) is 19.5 Å². The number of rotatable bonds is 8. The number of phenolic OH excluding ortho intramolecular Hbond substituents is 1. The molecule has 0 bridgehead atoms. The van der Waals surface area contributed by atoms with Gasteiger partial charge in [-0.3, -0.25) is 19.3 Å². The summed E-state index contributed by atoms with van der Waals surface area (Å²) in [4.78, 5) is 45.7. The van der Waals surface area contributed by atoms with Gasteiger partial charge >= 0.3 is 0 Å². The van der Waals surface area contributed by atoms with E-state index in [1.165, 1.54) is 24.4 Å². The highest BCUT2D eigenvalue weighted by atomic mass is 35.5. The number of benzene rings is 2. The SMILES string of the molecule is Cl.O=C(Nc1c(O)cc(Cl)cc1C(=O)Nc1ccc(Cl)cn1)c1ccc(-c2cccn(CCN3CCCOCC3)c2=O)cc1. The van der Waals surface area contributed by atoms with Crippen molar-refractivity contribution in [3.05, 3.63) is 105 Å². The number of nitrogens with zero attached hydrogens (tertiary/aromatic N) is 3. The van der Waals surface area contributed by atoms with Gasteiger partial charge in [-0.2, -0.15) is 0 Å². The van der Waals surface area contributed by atoms with Crippen LogP contribution in [-0.4, -0.2) is 64.2 Å². The molecule has 3 N–H and O–H groups in total. The van der Waals surface area contributed by atoms with E-state index in [1.807, 2.05) is 6.07 Å². The first-order chi connectivity index (χ1) is 20.8. The number of aromatic nitrogens is 2. The minimum Gasteiger partial charge on any atom is -0.506 e. The Hall–Kier alpha value is -3.93. The Labute approximate surface area is 270 Å². The van der Waals surface area contributed by atoms with Gasteiger partial charge in [0.1, 0.15) is 11.6 Å². The molecule has 3 heterocycles. The minimum absolute atomic E-state index is 0. The van der Waals surface area contributed by atoms with E-state index in [-0.39, 0.29) is 51.4 Å². The van der Waals surface area contributed by atoms with Crippen LogP contribution in [0.3, 0.4) is 0 Å². The lowest BCUT2D eigenvalue weighted by Gasteiger charge is -2.19. The van der Waals surface area contributed by atoms with Crippen LogP contribution >= 0.6 is 35.6 Å². The summed E-state index contributed by atoms with van der Waals surface area (Å²) in [5.41, 5.74) is 1.12. The highest BCUT2D eigenvalue weighted by Gasteiger charge is 2.20. The number of aromatic hydroxyl groups is 1. The van der Waals surface area contributed by atoms with Crippen molar-refractivity contribution in [2.24, 2.45) is 0 Å². The zero-order chi connectivity index (χ0) is 30.3. The van der Waals surface area contributed by atoms with Gasteiger partial charge in [0.25, 0.3) is 17.4 Å². The summed E-state index contributed by atoms with van der Waals surface area (Å²) in [6.07, 6.45) is 4.12. The second-order valence-electron chi connectivity index (χ2n) is 9.92. The van der Waals surface area contributed by atoms with Gasteiger partial charge in [0.2, 0.25) is 0 Å². The van der Waals surface area contributed by atoms with E-state index < -0.39 is 11.8 Å². The Balaban J connectivity index is 0.00000442. The van der Waals surface area contributed by atoms with Gasteiger partial charge in [-0.1, -0.05) is 35.3 Å². The van der Waals surface area contributed by atoms with Crippen LogP contribution in [0.2, 0.25) is 10.0 Å². The van der Waals surface area contributed by atoms with Crippen LogP contribution in [0.1, 0.15) is 27.1 Å². The van der Waals surface area contributed by atoms with Crippen molar-refractivity contribution in [3.63, 3.8) is 0 Å². The van der Waals surface area contributed by atoms with Gasteiger partial charge in [-0.05, 0) is 54.4 Å². The number of phenols is 1. The molecule has 0 spiro atoms. The van der Waals surface area contributed by atoms with Crippen molar-refractivity contribution in [2.45, 2.75) is 13.0 Å². The topological polar surface area (TPSA) is 126 Å². The fourth-order valence-corrected chi connectivity index (χ4v) is 5.05. The lowest BCUT2D eigenvalue weighted by molar-refractivity contribution is 0.102. The quantitative estimate of drug-likeness (QED) is 0.211. The van der Waals surface area contributed by atoms with Crippen molar-refractivity contribution in [2.75, 3.05) is 43.5 Å². The molecule has 10 nitrogen and oxygen atoms in total. The van der Waals surface area contributed by atoms with Crippen LogP contribution in [0.25, 0.3) is 11.1 Å². The summed E-state index contributed by atoms with van der Waals surface area (Å²) >= 11 is 11.9. The first kappa shape index (κ1) is 33.0. The number of nitrogens with one attached hydrogen (secondary N) is 2. The molecule has 5 rings (SSSR count). The molecule has 0 aliphatic carbocycles. The van der Waals surface area contributed by atoms with Gasteiger partial charge in [-0.15, -0.1) is 12.4 Å². The number of anilines is 2. The van der Waals surface area contributed by atoms with E-state index in [1.54, 1.807) is 47.2 Å². The second kappa shape index (κ2) is 15.2. The Kier molecular flexibility index (Phi) is 11.4. The monoisotopic (exact) mass is 657 g/mol. The average molecular weight is 659 g/mol. The van der Waals surface area contributed by atoms with Crippen molar-refractivity contribution in [1.29, 1.82) is 0 Å². The molecule has 0 saturated carbocycles. The summed E-state index contributed by atoms with van der Waals surface area (Å²) in [6, 6.07) is 15.7. The van der Waals surface area contributed by atoms with Crippen LogP contribution in [-0.2, 0) is 11.3 Å². The number of hydrogen-bond acceptors (Lipinski definition) is 7. The molecule has 44 heavy (non-hydrogen) atoms. The standard InChI is InChI=1S/C31H29Cl2N5O5.ClH/c32-22-8-9-27(34-19-22)35-30(41)25-17-23(33)18-26(39)28(25)36-29(40)21-6-4-20(5-7-21)24-3-1-11-38(31(24)42)13-12-37-10-2-15-43-16-14-37;/h1,3-9,11,17-19,39H,2,10,12-16H2,(H,36,40)(H,34,35,41);1H. The third-order valence-electron chi connectivity index (χ3n) is 6.98. The van der Waals surface area contributed by atoms with E-state index in [0.29, 0.717) is 29.3 Å². The molecule has 2 amide bonds. The predicted octanol–water partition coefficient (Wildman–Crippen LogP) is 5.57. The molecule has 4 aromatic rings. The van der Waals surface area contributed by atoms with Crippen molar-refractivity contribution >= 4 is 58.9 Å². The molecule has 0 atom stereocenters. The molecule has 13 heteroatoms. The normalized spacial score (nSPS) is 13.4. The summed E-state index contributed by atoms with van der Waals surface area (Å²) in [5.74, 6) is -1.39. The Morgan fingerprint density at radius 1 is 0.932 bits per heavy atom. The molecular weight excluding hydrogens is 629 g/mol. The third kappa shape index (κ3) is 8.16. The fraction of sp³-hybridized carbons (Fsp3) is 0.226. The van der Waals surface area contributed by atoms with E-state index in [4.69, 9.17) is 27.9 Å². The minimum atomic E-state index is -0.650. The van der Waals surface area contributed by atoms with E-state index >= 15 is 0 Å². The number of carbonyl (C=O) groups excluding carboxylic acids is 2. The molecule has 0 unspecified atom stereocenters. The van der Waals surface area contributed by atoms with Crippen molar-refractivity contribution in [3.8, 4) is 16.9 Å². The number of pyridine rings is 2. The van der Waals surface area contributed by atoms with Gasteiger partial charge < -0.3 is 25.0 Å². The van der Waals surface area contributed by atoms with Crippen LogP contribution in [0, 0.1) is 0 Å². The lowest BCUT2D eigenvalue weighted by Crippen LogP contribution is -2.32. The Morgan fingerprint density at radius 3 is 2.48 bits per heavy atom. The molecule has 1 fully saturated rings. The first-order valence-corrected chi connectivity index (χ1v) is 14.4. The molecule has 1 saturated heterocycles. The average Bonchev–Trinajstić information content (AvgIpc) is 3.28. The van der Waals surface area contributed by atoms with Crippen molar-refractivity contribution < 1.29 is 19.4 Å². The zero-order valence-electron chi connectivity index (χ0n) is 23.5. The second-order valence-corrected chi connectivity index (χ2v) is 10.8. The fourth-order valence-electron chi connectivity index (χ4n) is 4.73. The zero-order valence-corrected chi connectivity index (χ0v) is 25.8. The molecule has 1 aliphatic rings. The summed E-state index contributed by atoms with van der Waals surface area (Å²) in [5, 5.41) is 16.2. The largest absolute Gasteiger partial charge is 0.506 e. The summed E-state index contributed by atoms with van der Waals surface area (Å²) in [6.45, 7) is 4.55. The number of hydrogen-bond donors (Lipinski definition) is 3. The summed E-state index contributed by atoms with van der Waals surface area (Å²) in [7, 11) is 0. The van der Waals surface area contributed by atoms with Crippen LogP contribution in [0.15, 0.2) is 77.9 Å². The molecule has 230 valence electrons. The smallest absolute Gasteiger partial charge is 0.259 e. The molecule has 0 radical (unpaired) electrons. The number of ether oxygens (including phenoxy) is 1. The molecule has 2 aromatic carbocycles. The van der Waals surface area contributed by atoms with Gasteiger partial charge in [0.15, 0.2) is 0 Å². The van der Waals surface area contributed by atoms with Gasteiger partial charge in [0, 0.05) is 67.4 Å². The van der Waals surface area contributed by atoms with Gasteiger partial charge in [-0.25, -0.2) is 4.98 Å². The van der Waals surface area contributed by atoms with Crippen molar-refractivity contribution in [1.82, 2.24) is 14.5 Å². The Bertz CT molecular complexity index is 1670. The molecule has 2 aromatic heterocycles. The van der Waals surface area contributed by atoms with Crippen LogP contribution in [0.4, 0.5) is 11.5 Å². The maximum absolute atomic E-state index is 13.2. The first-order valence-electron chi connectivity index (χ1n) is 13.7. The molecular formula is C31H30Cl3N5O5. The number of halogens is 3. The van der Waals surface area contributed by atoms with Crippen LogP contribution < -0.4 is 16.2 Å². The van der Waals surface area contributed by atoms with Crippen LogP contribution in [0.5, 0.6) is 5.75 Å². The maximum Gasteiger partial charge on any atom is 0.259 e. The molecule has 1 aliphatic heterocycles. The highest BCUT2D eigenvalue weighted by molar-refractivity contribution is 6.32. The predicted molar refractivity (Wildman–Crippen MR) is 174 cm³/mol. The van der Waals surface area contributed by atoms with E-state index in [0.717, 1.165) is 32.7 Å². The summed E-state index contributed by atoms with van der Waals surface area (Å²) < 4.78 is 7.20. The lowest BCUT2D eigenvalue weighted by atomic mass is 10.0. The maximum atomic E-state index is 13.2.